The zero-order valence-corrected chi connectivity index (χ0v) is 12.6. The van der Waals surface area contributed by atoms with Crippen LogP contribution in [0, 0.1) is 5.92 Å². The van der Waals surface area contributed by atoms with Crippen molar-refractivity contribution in [3.8, 4) is 0 Å². The van der Waals surface area contributed by atoms with Crippen LogP contribution in [0.5, 0.6) is 0 Å². The van der Waals surface area contributed by atoms with E-state index >= 15 is 0 Å². The van der Waals surface area contributed by atoms with Gasteiger partial charge in [0, 0.05) is 6.16 Å². The highest BCUT2D eigenvalue weighted by atomic mass is 31.2. The number of esters is 1. The van der Waals surface area contributed by atoms with Gasteiger partial charge in [-0.05, 0) is 13.3 Å². The second-order valence-electron chi connectivity index (χ2n) is 4.55. The fraction of sp³-hybridized carbons (Fsp3) is 0.917. The molecule has 112 valence electrons. The molecule has 1 aliphatic heterocycles. The summed E-state index contributed by atoms with van der Waals surface area (Å²) in [6, 6.07) is 0. The van der Waals surface area contributed by atoms with Gasteiger partial charge in [0.05, 0.1) is 18.1 Å². The molecule has 1 saturated heterocycles. The number of aliphatic hydroxyl groups excluding tert-OH is 1. The van der Waals surface area contributed by atoms with Crippen LogP contribution in [-0.2, 0) is 23.3 Å². The molecule has 0 aromatic heterocycles. The second-order valence-corrected chi connectivity index (χ2v) is 6.10. The zero-order valence-electron chi connectivity index (χ0n) is 11.7. The first-order valence-electron chi connectivity index (χ1n) is 6.54. The smallest absolute Gasteiger partial charge is 0.310 e. The minimum atomic E-state index is -1.27. The van der Waals surface area contributed by atoms with Crippen LogP contribution in [0.15, 0.2) is 0 Å². The van der Waals surface area contributed by atoms with Crippen LogP contribution in [-0.4, -0.2) is 43.0 Å². The van der Waals surface area contributed by atoms with Crippen LogP contribution >= 0.6 is 8.38 Å². The molecule has 4 unspecified atom stereocenters. The first-order chi connectivity index (χ1) is 9.08. The molecule has 0 aromatic rings. The number of rotatable bonds is 10. The summed E-state index contributed by atoms with van der Waals surface area (Å²) in [5.74, 6) is -0.387. The van der Waals surface area contributed by atoms with Gasteiger partial charge >= 0.3 is 5.97 Å². The van der Waals surface area contributed by atoms with Gasteiger partial charge in [-0.1, -0.05) is 20.3 Å². The first-order valence-corrected chi connectivity index (χ1v) is 7.91. The van der Waals surface area contributed by atoms with Crippen molar-refractivity contribution in [2.75, 3.05) is 19.7 Å². The molecular weight excluding hydrogens is 271 g/mol. The van der Waals surface area contributed by atoms with Crippen molar-refractivity contribution >= 4 is 14.3 Å². The fourth-order valence-corrected chi connectivity index (χ4v) is 2.87. The van der Waals surface area contributed by atoms with Crippen molar-refractivity contribution in [2.24, 2.45) is 5.92 Å². The van der Waals surface area contributed by atoms with Crippen LogP contribution in [0.25, 0.3) is 0 Å². The molecule has 0 spiro atoms. The van der Waals surface area contributed by atoms with Gasteiger partial charge in [-0.2, -0.15) is 0 Å². The van der Waals surface area contributed by atoms with Gasteiger partial charge in [-0.15, -0.1) is 0 Å². The molecular formula is C12H23O6P. The quantitative estimate of drug-likeness (QED) is 0.287. The zero-order chi connectivity index (χ0) is 14.3. The Labute approximate surface area is 115 Å². The predicted molar refractivity (Wildman–Crippen MR) is 70.4 cm³/mol. The fourth-order valence-electron chi connectivity index (χ4n) is 1.61. The highest BCUT2D eigenvalue weighted by Crippen LogP contribution is 2.43. The van der Waals surface area contributed by atoms with E-state index in [9.17, 15) is 4.79 Å². The molecule has 7 heteroatoms. The van der Waals surface area contributed by atoms with E-state index in [1.54, 1.807) is 0 Å². The van der Waals surface area contributed by atoms with Gasteiger partial charge in [0.25, 0.3) is 0 Å². The highest BCUT2D eigenvalue weighted by molar-refractivity contribution is 7.47. The third-order valence-electron chi connectivity index (χ3n) is 2.89. The number of hydrogen-bond acceptors (Lipinski definition) is 6. The number of aliphatic hydroxyl groups is 1. The number of ether oxygens (including phenoxy) is 2. The van der Waals surface area contributed by atoms with E-state index in [0.29, 0.717) is 6.16 Å². The Morgan fingerprint density at radius 3 is 2.68 bits per heavy atom. The number of carbonyl (C=O) groups is 1. The van der Waals surface area contributed by atoms with Crippen molar-refractivity contribution in [3.63, 3.8) is 0 Å². The molecule has 0 amide bonds. The maximum atomic E-state index is 11.5. The molecule has 4 atom stereocenters. The molecule has 1 heterocycles. The first kappa shape index (κ1) is 16.8. The van der Waals surface area contributed by atoms with Gasteiger partial charge < -0.3 is 19.1 Å². The summed E-state index contributed by atoms with van der Waals surface area (Å²) < 4.78 is 20.7. The summed E-state index contributed by atoms with van der Waals surface area (Å²) in [5, 5.41) is 8.77. The van der Waals surface area contributed by atoms with Gasteiger partial charge in [0.1, 0.15) is 6.79 Å². The van der Waals surface area contributed by atoms with E-state index in [-0.39, 0.29) is 30.9 Å². The Bertz CT molecular complexity index is 275. The second kappa shape index (κ2) is 8.82. The van der Waals surface area contributed by atoms with Crippen LogP contribution in [0.1, 0.15) is 33.6 Å². The van der Waals surface area contributed by atoms with E-state index in [4.69, 9.17) is 23.6 Å². The Balaban J connectivity index is 2.18. The molecule has 0 aromatic carbocycles. The molecule has 0 radical (unpaired) electrons. The maximum Gasteiger partial charge on any atom is 0.310 e. The van der Waals surface area contributed by atoms with Gasteiger partial charge in [-0.25, -0.2) is 0 Å². The highest BCUT2D eigenvalue weighted by Gasteiger charge is 2.37. The molecule has 1 rings (SSSR count). The summed E-state index contributed by atoms with van der Waals surface area (Å²) in [5.41, 5.74) is 0. The van der Waals surface area contributed by atoms with Gasteiger partial charge in [0.15, 0.2) is 15.2 Å². The van der Waals surface area contributed by atoms with E-state index in [0.717, 1.165) is 12.8 Å². The third-order valence-corrected chi connectivity index (χ3v) is 4.34. The Kier molecular flexibility index (Phi) is 7.80. The lowest BCUT2D eigenvalue weighted by Gasteiger charge is -2.16. The lowest BCUT2D eigenvalue weighted by atomic mass is 10.1. The van der Waals surface area contributed by atoms with Crippen LogP contribution in [0.4, 0.5) is 0 Å². The van der Waals surface area contributed by atoms with Gasteiger partial charge in [0.2, 0.25) is 0 Å². The molecule has 19 heavy (non-hydrogen) atoms. The molecule has 0 bridgehead atoms. The average molecular weight is 294 g/mol. The average Bonchev–Trinajstić information content (AvgIpc) is 3.05. The van der Waals surface area contributed by atoms with Crippen molar-refractivity contribution in [3.05, 3.63) is 0 Å². The monoisotopic (exact) mass is 294 g/mol. The van der Waals surface area contributed by atoms with E-state index in [2.05, 4.69) is 0 Å². The lowest BCUT2D eigenvalue weighted by Crippen LogP contribution is -2.16. The van der Waals surface area contributed by atoms with Crippen molar-refractivity contribution in [1.29, 1.82) is 0 Å². The largest absolute Gasteiger partial charge is 0.438 e. The van der Waals surface area contributed by atoms with Crippen molar-refractivity contribution in [2.45, 2.75) is 45.8 Å². The topological polar surface area (TPSA) is 77.5 Å². The van der Waals surface area contributed by atoms with Gasteiger partial charge in [-0.3, -0.25) is 9.32 Å². The van der Waals surface area contributed by atoms with Crippen LogP contribution in [0.2, 0.25) is 0 Å². The van der Waals surface area contributed by atoms with Crippen molar-refractivity contribution in [1.82, 2.24) is 0 Å². The van der Waals surface area contributed by atoms with E-state index < -0.39 is 15.2 Å². The number of epoxide rings is 1. The summed E-state index contributed by atoms with van der Waals surface area (Å²) in [6.07, 6.45) is 2.65. The van der Waals surface area contributed by atoms with E-state index in [1.807, 2.05) is 20.8 Å². The molecule has 1 N–H and O–H groups in total. The minimum Gasteiger partial charge on any atom is -0.438 e. The standard InChI is InChI=1S/C12H23O6P/c1-4-5-9(2)12(14)15-8-17-19(16-7-13)6-11-10(3)18-11/h9-11,13H,4-8H2,1-3H3. The summed E-state index contributed by atoms with van der Waals surface area (Å²) in [4.78, 5) is 11.5. The van der Waals surface area contributed by atoms with Crippen LogP contribution < -0.4 is 0 Å². The Morgan fingerprint density at radius 2 is 2.16 bits per heavy atom. The summed E-state index contributed by atoms with van der Waals surface area (Å²) >= 11 is 0. The SMILES string of the molecule is CCCC(C)C(=O)OCOP(CC1OC1C)OCO. The lowest BCUT2D eigenvalue weighted by molar-refractivity contribution is -0.154. The third kappa shape index (κ3) is 6.63. The van der Waals surface area contributed by atoms with E-state index in [1.165, 1.54) is 0 Å². The van der Waals surface area contributed by atoms with Crippen molar-refractivity contribution < 1.29 is 28.4 Å². The predicted octanol–water partition coefficient (Wildman–Crippen LogP) is 2.01. The molecule has 0 saturated carbocycles. The Hall–Kier alpha value is -0.260. The maximum absolute atomic E-state index is 11.5. The molecule has 1 fully saturated rings. The van der Waals surface area contributed by atoms with Crippen LogP contribution in [0.3, 0.4) is 0 Å². The molecule has 1 aliphatic rings. The number of carbonyl (C=O) groups excluding carboxylic acids is 1. The summed E-state index contributed by atoms with van der Waals surface area (Å²) in [7, 11) is -1.27. The Morgan fingerprint density at radius 1 is 1.47 bits per heavy atom. The number of hydrogen-bond donors (Lipinski definition) is 1. The minimum absolute atomic E-state index is 0.118. The summed E-state index contributed by atoms with van der Waals surface area (Å²) in [6.45, 7) is 5.26. The molecule has 0 aliphatic carbocycles. The normalized spacial score (nSPS) is 24.8. The molecule has 6 nitrogen and oxygen atoms in total.